The molecule has 0 aliphatic carbocycles. The van der Waals surface area contributed by atoms with E-state index in [1.807, 2.05) is 45.6 Å². The lowest BCUT2D eigenvalue weighted by atomic mass is 9.85. The molecule has 0 unspecified atom stereocenters. The number of amides is 4. The Bertz CT molecular complexity index is 2610. The fourth-order valence-electron chi connectivity index (χ4n) is 10.8. The molecule has 3 fully saturated rings. The number of carbonyl (C=O) groups excluding carboxylic acids is 3. The van der Waals surface area contributed by atoms with Crippen LogP contribution in [0.15, 0.2) is 48.7 Å². The number of aromatic amines is 2. The van der Waals surface area contributed by atoms with Gasteiger partial charge in [0.25, 0.3) is 0 Å². The maximum atomic E-state index is 14.6. The SMILES string of the molecule is COC(=O)N[C@@H](C(=O)N1[C@@H](C)CC[C@H]1c1nc2ccc3cc4c(cc3c2[nH]1)OCc1cc(-c2cnc([C@@H]3CC[C@H](C)N3C(=O)[C@@H](NC(=O)O)C(C)C)[nH]2)ccc1-4)C1C[C@@H](C)O[C@H](C)C1. The standard InChI is InChI=1S/C48H58N8O8/c1-23(2)40(53-47(59)60)45(57)55-24(3)8-14-37(55)43-49-21-36(51-43)29-10-12-32-31(18-29)22-63-39-20-33-28(19-34(32)39)11-13-35-42(33)52-44(50-35)38-15-9-25(4)56(38)46(58)41(54-48(61)62-7)30-16-26(5)64-27(6)17-30/h10-13,18-21,23-27,30,37-38,40-41,53H,8-9,14-17,22H2,1-7H3,(H,49,51)(H,50,52)(H,54,61)(H,59,60)/t24-,25-,26+,27+,37-,38-,40-,41+/m0/s1. The molecule has 16 nitrogen and oxygen atoms in total. The fourth-order valence-corrected chi connectivity index (χ4v) is 10.8. The minimum atomic E-state index is -1.22. The molecule has 0 bridgehead atoms. The molecule has 16 heteroatoms. The molecule has 4 aliphatic rings. The van der Waals surface area contributed by atoms with Gasteiger partial charge in [-0.3, -0.25) is 9.59 Å². The highest BCUT2D eigenvalue weighted by atomic mass is 16.5. The Hall–Kier alpha value is -6.16. The molecule has 0 radical (unpaired) electrons. The number of methoxy groups -OCH3 is 1. The van der Waals surface area contributed by atoms with Crippen LogP contribution in [-0.4, -0.2) is 102 Å². The number of nitrogens with one attached hydrogen (secondary N) is 4. The number of hydrogen-bond acceptors (Lipinski definition) is 9. The first-order valence-electron chi connectivity index (χ1n) is 22.6. The van der Waals surface area contributed by atoms with Crippen LogP contribution < -0.4 is 15.4 Å². The number of alkyl carbamates (subject to hydrolysis) is 1. The first-order chi connectivity index (χ1) is 30.7. The van der Waals surface area contributed by atoms with Gasteiger partial charge in [-0.1, -0.05) is 32.0 Å². The van der Waals surface area contributed by atoms with Crippen molar-refractivity contribution >= 4 is 45.8 Å². The van der Waals surface area contributed by atoms with Crippen LogP contribution in [-0.2, 0) is 25.7 Å². The summed E-state index contributed by atoms with van der Waals surface area (Å²) >= 11 is 0. The van der Waals surface area contributed by atoms with Gasteiger partial charge in [-0.25, -0.2) is 19.6 Å². The van der Waals surface area contributed by atoms with Crippen LogP contribution >= 0.6 is 0 Å². The van der Waals surface area contributed by atoms with E-state index in [1.165, 1.54) is 7.11 Å². The zero-order valence-electron chi connectivity index (χ0n) is 37.4. The van der Waals surface area contributed by atoms with E-state index in [4.69, 9.17) is 24.2 Å². The number of carbonyl (C=O) groups is 4. The Morgan fingerprint density at radius 3 is 2.23 bits per heavy atom. The van der Waals surface area contributed by atoms with Gasteiger partial charge in [0.05, 0.1) is 54.3 Å². The van der Waals surface area contributed by atoms with Gasteiger partial charge in [0.15, 0.2) is 0 Å². The molecule has 64 heavy (non-hydrogen) atoms. The number of benzene rings is 3. The summed E-state index contributed by atoms with van der Waals surface area (Å²) in [6.07, 6.45) is 4.21. The van der Waals surface area contributed by atoms with Crippen molar-refractivity contribution in [3.05, 3.63) is 65.9 Å². The van der Waals surface area contributed by atoms with Crippen molar-refractivity contribution in [1.82, 2.24) is 40.4 Å². The van der Waals surface area contributed by atoms with E-state index in [2.05, 4.69) is 63.9 Å². The molecule has 4 amide bonds. The summed E-state index contributed by atoms with van der Waals surface area (Å²) < 4.78 is 17.4. The minimum Gasteiger partial charge on any atom is -0.488 e. The van der Waals surface area contributed by atoms with Gasteiger partial charge >= 0.3 is 12.2 Å². The first kappa shape index (κ1) is 43.1. The van der Waals surface area contributed by atoms with Crippen LogP contribution in [0, 0.1) is 11.8 Å². The van der Waals surface area contributed by atoms with Crippen LogP contribution in [0.4, 0.5) is 9.59 Å². The van der Waals surface area contributed by atoms with Gasteiger partial charge in [0.2, 0.25) is 11.8 Å². The molecule has 8 atom stereocenters. The number of likely N-dealkylation sites (tertiary alicyclic amines) is 2. The second-order valence-corrected chi connectivity index (χ2v) is 18.6. The predicted molar refractivity (Wildman–Crippen MR) is 239 cm³/mol. The monoisotopic (exact) mass is 874 g/mol. The second kappa shape index (κ2) is 17.1. The summed E-state index contributed by atoms with van der Waals surface area (Å²) in [5.41, 5.74) is 6.50. The van der Waals surface area contributed by atoms with Gasteiger partial charge in [0, 0.05) is 23.0 Å². The average Bonchev–Trinajstić information content (AvgIpc) is 4.08. The van der Waals surface area contributed by atoms with Crippen molar-refractivity contribution < 1.29 is 38.5 Å². The fraction of sp³-hybridized carbons (Fsp3) is 0.500. The lowest BCUT2D eigenvalue weighted by Crippen LogP contribution is -2.55. The molecule has 5 aromatic rings. The number of H-pyrrole nitrogens is 2. The molecule has 2 aromatic heterocycles. The Morgan fingerprint density at radius 2 is 1.55 bits per heavy atom. The van der Waals surface area contributed by atoms with Crippen molar-refractivity contribution in [2.45, 2.75) is 135 Å². The van der Waals surface area contributed by atoms with E-state index in [0.29, 0.717) is 31.1 Å². The number of imidazole rings is 2. The molecule has 5 N–H and O–H groups in total. The number of fused-ring (bicyclic) bond motifs is 6. The van der Waals surface area contributed by atoms with Gasteiger partial charge in [-0.2, -0.15) is 0 Å². The number of rotatable bonds is 9. The predicted octanol–water partition coefficient (Wildman–Crippen LogP) is 7.99. The highest BCUT2D eigenvalue weighted by Gasteiger charge is 2.45. The third kappa shape index (κ3) is 7.90. The second-order valence-electron chi connectivity index (χ2n) is 18.6. The normalized spacial score (nSPS) is 25.2. The zero-order chi connectivity index (χ0) is 45.1. The summed E-state index contributed by atoms with van der Waals surface area (Å²) in [4.78, 5) is 73.0. The number of carboxylic acid groups (broad SMARTS) is 1. The number of aromatic nitrogens is 4. The maximum absolute atomic E-state index is 14.6. The van der Waals surface area contributed by atoms with Crippen LogP contribution in [0.5, 0.6) is 5.75 Å². The lowest BCUT2D eigenvalue weighted by molar-refractivity contribution is -0.140. The molecule has 0 saturated carbocycles. The van der Waals surface area contributed by atoms with Crippen LogP contribution in [0.1, 0.15) is 109 Å². The van der Waals surface area contributed by atoms with Crippen molar-refractivity contribution in [2.75, 3.05) is 7.11 Å². The third-order valence-corrected chi connectivity index (χ3v) is 13.9. The molecule has 6 heterocycles. The van der Waals surface area contributed by atoms with Crippen LogP contribution in [0.25, 0.3) is 44.2 Å². The van der Waals surface area contributed by atoms with E-state index in [0.717, 1.165) is 81.2 Å². The topological polar surface area (TPSA) is 204 Å². The molecule has 3 aromatic carbocycles. The van der Waals surface area contributed by atoms with Crippen molar-refractivity contribution in [2.24, 2.45) is 11.8 Å². The average molecular weight is 875 g/mol. The Labute approximate surface area is 371 Å². The van der Waals surface area contributed by atoms with Gasteiger partial charge in [-0.05, 0) is 124 Å². The van der Waals surface area contributed by atoms with Crippen LogP contribution in [0.2, 0.25) is 0 Å². The molecular formula is C48H58N8O8. The minimum absolute atomic E-state index is 0.0368. The lowest BCUT2D eigenvalue weighted by Gasteiger charge is -2.39. The highest BCUT2D eigenvalue weighted by molar-refractivity contribution is 6.07. The van der Waals surface area contributed by atoms with Crippen molar-refractivity contribution in [3.63, 3.8) is 0 Å². The number of hydrogen-bond donors (Lipinski definition) is 5. The Morgan fingerprint density at radius 1 is 0.844 bits per heavy atom. The van der Waals surface area contributed by atoms with Gasteiger partial charge in [0.1, 0.15) is 36.1 Å². The third-order valence-electron chi connectivity index (χ3n) is 13.9. The molecule has 0 spiro atoms. The molecule has 338 valence electrons. The summed E-state index contributed by atoms with van der Waals surface area (Å²) in [6, 6.07) is 12.3. The smallest absolute Gasteiger partial charge is 0.407 e. The van der Waals surface area contributed by atoms with Gasteiger partial charge in [-0.15, -0.1) is 0 Å². The highest BCUT2D eigenvalue weighted by Crippen LogP contribution is 2.44. The van der Waals surface area contributed by atoms with E-state index in [1.54, 1.807) is 11.1 Å². The summed E-state index contributed by atoms with van der Waals surface area (Å²) in [6.45, 7) is 12.1. The summed E-state index contributed by atoms with van der Waals surface area (Å²) in [7, 11) is 1.31. The Balaban J connectivity index is 0.970. The zero-order valence-corrected chi connectivity index (χ0v) is 37.4. The van der Waals surface area contributed by atoms with Crippen molar-refractivity contribution in [1.29, 1.82) is 0 Å². The van der Waals surface area contributed by atoms with E-state index in [9.17, 15) is 24.3 Å². The number of nitrogens with zero attached hydrogens (tertiary/aromatic N) is 4. The first-order valence-corrected chi connectivity index (χ1v) is 22.6. The maximum Gasteiger partial charge on any atom is 0.407 e. The molecule has 3 saturated heterocycles. The summed E-state index contributed by atoms with van der Waals surface area (Å²) in [5.74, 6) is 1.45. The molecule has 4 aliphatic heterocycles. The van der Waals surface area contributed by atoms with Crippen LogP contribution in [0.3, 0.4) is 0 Å². The van der Waals surface area contributed by atoms with E-state index >= 15 is 0 Å². The van der Waals surface area contributed by atoms with Crippen molar-refractivity contribution in [3.8, 4) is 28.1 Å². The van der Waals surface area contributed by atoms with E-state index < -0.39 is 24.3 Å². The molecular weight excluding hydrogens is 817 g/mol. The number of ether oxygens (including phenoxy) is 3. The molecule has 9 rings (SSSR count). The summed E-state index contributed by atoms with van der Waals surface area (Å²) in [5, 5.41) is 16.7. The van der Waals surface area contributed by atoms with Gasteiger partial charge < -0.3 is 49.7 Å². The Kier molecular flexibility index (Phi) is 11.5. The largest absolute Gasteiger partial charge is 0.488 e. The van der Waals surface area contributed by atoms with E-state index in [-0.39, 0.29) is 60.0 Å². The quantitative estimate of drug-likeness (QED) is 0.0966.